The summed E-state index contributed by atoms with van der Waals surface area (Å²) in [4.78, 5) is 9.79. The number of nitrogen functional groups attached to an aromatic ring is 1. The summed E-state index contributed by atoms with van der Waals surface area (Å²) in [7, 11) is 0. The number of hydrazine groups is 1. The van der Waals surface area contributed by atoms with Gasteiger partial charge >= 0.3 is 0 Å². The van der Waals surface area contributed by atoms with Crippen molar-refractivity contribution in [1.82, 2.24) is 9.97 Å². The first-order valence-corrected chi connectivity index (χ1v) is 8.98. The third-order valence-electron chi connectivity index (χ3n) is 3.80. The zero-order valence-corrected chi connectivity index (χ0v) is 13.1. The molecule has 1 aliphatic rings. The molecule has 2 aromatic rings. The van der Waals surface area contributed by atoms with Gasteiger partial charge in [-0.25, -0.2) is 10.8 Å². The number of fused-ring (bicyclic) bond motifs is 1. The Morgan fingerprint density at radius 2 is 2.10 bits per heavy atom. The van der Waals surface area contributed by atoms with Crippen molar-refractivity contribution in [3.8, 4) is 0 Å². The highest BCUT2D eigenvalue weighted by atomic mass is 32.2. The molecule has 0 amide bonds. The fraction of sp³-hybridized carbons (Fsp3) is 0.538. The van der Waals surface area contributed by atoms with Gasteiger partial charge < -0.3 is 5.32 Å². The van der Waals surface area contributed by atoms with Gasteiger partial charge in [0.15, 0.2) is 0 Å². The summed E-state index contributed by atoms with van der Waals surface area (Å²) in [6.07, 6.45) is 7.16. The molecule has 0 unspecified atom stereocenters. The smallest absolute Gasteiger partial charge is 0.240 e. The maximum absolute atomic E-state index is 5.45. The van der Waals surface area contributed by atoms with Crippen molar-refractivity contribution >= 4 is 45.1 Å². The molecule has 2 heterocycles. The predicted octanol–water partition coefficient (Wildman–Crippen LogP) is 3.06. The van der Waals surface area contributed by atoms with Crippen LogP contribution in [0, 0.1) is 0 Å². The van der Waals surface area contributed by atoms with Crippen molar-refractivity contribution in [3.05, 3.63) is 11.4 Å². The van der Waals surface area contributed by atoms with E-state index in [2.05, 4.69) is 33.0 Å². The average Bonchev–Trinajstić information content (AvgIpc) is 2.96. The fourth-order valence-electron chi connectivity index (χ4n) is 2.67. The highest BCUT2D eigenvalue weighted by molar-refractivity contribution is 7.99. The Kier molecular flexibility index (Phi) is 4.28. The molecule has 7 heteroatoms. The van der Waals surface area contributed by atoms with Crippen LogP contribution in [0.5, 0.6) is 0 Å². The maximum atomic E-state index is 5.45. The van der Waals surface area contributed by atoms with Crippen molar-refractivity contribution in [2.75, 3.05) is 17.0 Å². The van der Waals surface area contributed by atoms with Crippen LogP contribution in [0.2, 0.25) is 0 Å². The number of hydrogen-bond donors (Lipinski definition) is 3. The maximum Gasteiger partial charge on any atom is 0.240 e. The lowest BCUT2D eigenvalue weighted by Crippen LogP contribution is -2.27. The molecule has 4 N–H and O–H groups in total. The molecule has 0 bridgehead atoms. The SMILES string of the molecule is CSC1CCC(Nc2nc(NN)nc3sccc23)CC1. The molecule has 0 aromatic carbocycles. The minimum absolute atomic E-state index is 0.472. The van der Waals surface area contributed by atoms with Gasteiger partial charge in [0.25, 0.3) is 0 Å². The lowest BCUT2D eigenvalue weighted by molar-refractivity contribution is 0.472. The van der Waals surface area contributed by atoms with E-state index in [0.717, 1.165) is 21.3 Å². The third kappa shape index (κ3) is 2.84. The largest absolute Gasteiger partial charge is 0.367 e. The second kappa shape index (κ2) is 6.15. The summed E-state index contributed by atoms with van der Waals surface area (Å²) in [6.45, 7) is 0. The first kappa shape index (κ1) is 13.9. The lowest BCUT2D eigenvalue weighted by Gasteiger charge is -2.28. The Morgan fingerprint density at radius 3 is 2.80 bits per heavy atom. The predicted molar refractivity (Wildman–Crippen MR) is 88.4 cm³/mol. The van der Waals surface area contributed by atoms with Crippen LogP contribution in [0.3, 0.4) is 0 Å². The van der Waals surface area contributed by atoms with Crippen LogP contribution < -0.4 is 16.6 Å². The Hall–Kier alpha value is -1.05. The molecule has 20 heavy (non-hydrogen) atoms. The number of nitrogens with one attached hydrogen (secondary N) is 2. The first-order chi connectivity index (χ1) is 9.80. The topological polar surface area (TPSA) is 75.9 Å². The molecule has 3 rings (SSSR count). The van der Waals surface area contributed by atoms with E-state index in [1.54, 1.807) is 11.3 Å². The van der Waals surface area contributed by atoms with Crippen LogP contribution >= 0.6 is 23.1 Å². The van der Waals surface area contributed by atoms with Crippen LogP contribution in [0.25, 0.3) is 10.2 Å². The molecular weight excluding hydrogens is 290 g/mol. The molecule has 2 aromatic heterocycles. The van der Waals surface area contributed by atoms with Crippen LogP contribution in [-0.2, 0) is 0 Å². The molecular formula is C13H19N5S2. The van der Waals surface area contributed by atoms with Gasteiger partial charge in [-0.2, -0.15) is 16.7 Å². The van der Waals surface area contributed by atoms with Gasteiger partial charge in [-0.1, -0.05) is 0 Å². The summed E-state index contributed by atoms with van der Waals surface area (Å²) in [5.41, 5.74) is 2.54. The van der Waals surface area contributed by atoms with Gasteiger partial charge in [0.1, 0.15) is 10.6 Å². The fourth-order valence-corrected chi connectivity index (χ4v) is 4.17. The van der Waals surface area contributed by atoms with Crippen molar-refractivity contribution in [2.45, 2.75) is 37.0 Å². The van der Waals surface area contributed by atoms with E-state index < -0.39 is 0 Å². The molecule has 0 aliphatic heterocycles. The average molecular weight is 309 g/mol. The molecule has 0 saturated heterocycles. The minimum Gasteiger partial charge on any atom is -0.367 e. The Labute approximate surface area is 126 Å². The number of anilines is 2. The summed E-state index contributed by atoms with van der Waals surface area (Å²) in [6, 6.07) is 2.57. The number of nitrogens with zero attached hydrogens (tertiary/aromatic N) is 2. The minimum atomic E-state index is 0.472. The second-order valence-corrected chi connectivity index (χ2v) is 7.07. The number of nitrogens with two attached hydrogens (primary N) is 1. The molecule has 5 nitrogen and oxygen atoms in total. The quantitative estimate of drug-likeness (QED) is 0.595. The van der Waals surface area contributed by atoms with E-state index in [1.165, 1.54) is 25.7 Å². The zero-order chi connectivity index (χ0) is 13.9. The normalized spacial score (nSPS) is 22.9. The molecule has 0 spiro atoms. The summed E-state index contributed by atoms with van der Waals surface area (Å²) < 4.78 is 0. The number of rotatable bonds is 4. The van der Waals surface area contributed by atoms with Crippen molar-refractivity contribution < 1.29 is 0 Å². The van der Waals surface area contributed by atoms with Crippen molar-refractivity contribution in [3.63, 3.8) is 0 Å². The molecule has 1 fully saturated rings. The lowest BCUT2D eigenvalue weighted by atomic mass is 9.95. The van der Waals surface area contributed by atoms with E-state index in [0.29, 0.717) is 12.0 Å². The molecule has 108 valence electrons. The van der Waals surface area contributed by atoms with Gasteiger partial charge in [-0.15, -0.1) is 11.3 Å². The summed E-state index contributed by atoms with van der Waals surface area (Å²) >= 11 is 3.59. The van der Waals surface area contributed by atoms with Crippen LogP contribution in [-0.4, -0.2) is 27.5 Å². The van der Waals surface area contributed by atoms with Gasteiger partial charge in [-0.3, -0.25) is 5.43 Å². The van der Waals surface area contributed by atoms with E-state index >= 15 is 0 Å². The summed E-state index contributed by atoms with van der Waals surface area (Å²) in [5, 5.41) is 7.52. The van der Waals surface area contributed by atoms with E-state index in [-0.39, 0.29) is 0 Å². The molecule has 0 radical (unpaired) electrons. The van der Waals surface area contributed by atoms with Gasteiger partial charge in [0.05, 0.1) is 5.39 Å². The monoisotopic (exact) mass is 309 g/mol. The van der Waals surface area contributed by atoms with Crippen LogP contribution in [0.1, 0.15) is 25.7 Å². The van der Waals surface area contributed by atoms with E-state index in [1.807, 2.05) is 17.1 Å². The number of thiophene rings is 1. The van der Waals surface area contributed by atoms with Crippen molar-refractivity contribution in [1.29, 1.82) is 0 Å². The molecule has 0 atom stereocenters. The van der Waals surface area contributed by atoms with E-state index in [9.17, 15) is 0 Å². The van der Waals surface area contributed by atoms with Crippen LogP contribution in [0.4, 0.5) is 11.8 Å². The zero-order valence-electron chi connectivity index (χ0n) is 11.4. The number of hydrogen-bond acceptors (Lipinski definition) is 7. The standard InChI is InChI=1S/C13H19N5S2/c1-19-9-4-2-8(3-5-9)15-11-10-6-7-20-12(10)17-13(16-11)18-14/h6-9H,2-5,14H2,1H3,(H2,15,16,17,18). The molecule has 1 aliphatic carbocycles. The highest BCUT2D eigenvalue weighted by Crippen LogP contribution is 2.31. The first-order valence-electron chi connectivity index (χ1n) is 6.81. The highest BCUT2D eigenvalue weighted by Gasteiger charge is 2.21. The molecule has 1 saturated carbocycles. The van der Waals surface area contributed by atoms with Gasteiger partial charge in [-0.05, 0) is 43.4 Å². The third-order valence-corrected chi connectivity index (χ3v) is 5.75. The van der Waals surface area contributed by atoms with Crippen LogP contribution in [0.15, 0.2) is 11.4 Å². The second-order valence-electron chi connectivity index (χ2n) is 5.03. The summed E-state index contributed by atoms with van der Waals surface area (Å²) in [5.74, 6) is 6.82. The Morgan fingerprint density at radius 1 is 1.30 bits per heavy atom. The van der Waals surface area contributed by atoms with Crippen molar-refractivity contribution in [2.24, 2.45) is 5.84 Å². The number of aromatic nitrogens is 2. The Bertz CT molecular complexity index is 577. The Balaban J connectivity index is 1.78. The van der Waals surface area contributed by atoms with E-state index in [4.69, 9.17) is 5.84 Å². The van der Waals surface area contributed by atoms with Gasteiger partial charge in [0.2, 0.25) is 5.95 Å². The number of thioether (sulfide) groups is 1. The van der Waals surface area contributed by atoms with Gasteiger partial charge in [0, 0.05) is 11.3 Å².